The third-order valence-electron chi connectivity index (χ3n) is 4.57. The second kappa shape index (κ2) is 9.09. The van der Waals surface area contributed by atoms with Gasteiger partial charge in [-0.05, 0) is 43.5 Å². The van der Waals surface area contributed by atoms with Crippen LogP contribution in [0.1, 0.15) is 29.2 Å². The Morgan fingerprint density at radius 1 is 0.963 bits per heavy atom. The van der Waals surface area contributed by atoms with Crippen LogP contribution in [-0.4, -0.2) is 18.0 Å². The van der Waals surface area contributed by atoms with Gasteiger partial charge >= 0.3 is 0 Å². The summed E-state index contributed by atoms with van der Waals surface area (Å²) in [5, 5.41) is 3.48. The predicted octanol–water partition coefficient (Wildman–Crippen LogP) is 5.68. The van der Waals surface area contributed by atoms with Gasteiger partial charge in [-0.1, -0.05) is 77.9 Å². The molecule has 2 aromatic rings. The van der Waals surface area contributed by atoms with Gasteiger partial charge in [-0.2, -0.15) is 0 Å². The molecule has 1 heterocycles. The molecule has 27 heavy (non-hydrogen) atoms. The highest BCUT2D eigenvalue weighted by Crippen LogP contribution is 2.17. The minimum absolute atomic E-state index is 0.866. The average molecular weight is 357 g/mol. The van der Waals surface area contributed by atoms with Gasteiger partial charge in [-0.25, -0.2) is 0 Å². The lowest BCUT2D eigenvalue weighted by Gasteiger charge is -2.20. The fourth-order valence-corrected chi connectivity index (χ4v) is 2.92. The van der Waals surface area contributed by atoms with Gasteiger partial charge in [0.15, 0.2) is 0 Å². The summed E-state index contributed by atoms with van der Waals surface area (Å²) in [6.07, 6.45) is 13.1. The Bertz CT molecular complexity index is 866. The summed E-state index contributed by atoms with van der Waals surface area (Å²) in [6.45, 7) is 8.12. The van der Waals surface area contributed by atoms with Crippen molar-refractivity contribution in [2.45, 2.75) is 20.8 Å². The molecule has 0 aromatic heterocycles. The monoisotopic (exact) mass is 356 g/mol. The molecule has 0 spiro atoms. The standard InChI is InChI=1S/C25H28N2/c1-4-26-25(24-13-7-21(3)8-14-24)19-27-17-15-23(16-18-27)12-11-22-9-5-20(2)6-10-22/h5-17,19,26H,4,18H2,1-3H3/b12-11+,25-19-. The first-order valence-corrected chi connectivity index (χ1v) is 9.55. The largest absolute Gasteiger partial charge is 0.384 e. The molecule has 0 radical (unpaired) electrons. The minimum Gasteiger partial charge on any atom is -0.384 e. The van der Waals surface area contributed by atoms with Crippen molar-refractivity contribution in [3.63, 3.8) is 0 Å². The summed E-state index contributed by atoms with van der Waals surface area (Å²) in [6, 6.07) is 17.2. The molecule has 0 saturated heterocycles. The van der Waals surface area contributed by atoms with Crippen LogP contribution in [0, 0.1) is 13.8 Å². The van der Waals surface area contributed by atoms with Crippen molar-refractivity contribution >= 4 is 11.8 Å². The molecule has 138 valence electrons. The number of aryl methyl sites for hydroxylation is 2. The predicted molar refractivity (Wildman–Crippen MR) is 117 cm³/mol. The fraction of sp³-hybridized carbons (Fsp3) is 0.200. The third-order valence-corrected chi connectivity index (χ3v) is 4.57. The van der Waals surface area contributed by atoms with Crippen LogP contribution in [0.15, 0.2) is 84.7 Å². The van der Waals surface area contributed by atoms with E-state index in [0.717, 1.165) is 18.8 Å². The van der Waals surface area contributed by atoms with Gasteiger partial charge in [0.05, 0.1) is 5.70 Å². The fourth-order valence-electron chi connectivity index (χ4n) is 2.92. The summed E-state index contributed by atoms with van der Waals surface area (Å²) in [5.74, 6) is 0. The van der Waals surface area contributed by atoms with Crippen molar-refractivity contribution < 1.29 is 0 Å². The van der Waals surface area contributed by atoms with E-state index < -0.39 is 0 Å². The molecule has 0 saturated carbocycles. The molecule has 2 aromatic carbocycles. The van der Waals surface area contributed by atoms with Crippen LogP contribution >= 0.6 is 0 Å². The minimum atomic E-state index is 0.866. The molecule has 0 unspecified atom stereocenters. The van der Waals surface area contributed by atoms with Crippen molar-refractivity contribution in [3.8, 4) is 0 Å². The van der Waals surface area contributed by atoms with Gasteiger partial charge in [0.2, 0.25) is 0 Å². The Labute approximate surface area is 163 Å². The van der Waals surface area contributed by atoms with Crippen LogP contribution < -0.4 is 5.32 Å². The van der Waals surface area contributed by atoms with E-state index in [2.05, 4.69) is 116 Å². The average Bonchev–Trinajstić information content (AvgIpc) is 2.69. The molecule has 0 bridgehead atoms. The lowest BCUT2D eigenvalue weighted by molar-refractivity contribution is 0.557. The molecule has 0 amide bonds. The van der Waals surface area contributed by atoms with E-state index in [1.165, 1.54) is 27.8 Å². The maximum Gasteiger partial charge on any atom is 0.0578 e. The van der Waals surface area contributed by atoms with Gasteiger partial charge < -0.3 is 10.2 Å². The van der Waals surface area contributed by atoms with Crippen LogP contribution in [0.2, 0.25) is 0 Å². The summed E-state index contributed by atoms with van der Waals surface area (Å²) in [5.41, 5.74) is 7.39. The van der Waals surface area contributed by atoms with Gasteiger partial charge in [0.1, 0.15) is 0 Å². The van der Waals surface area contributed by atoms with E-state index in [9.17, 15) is 0 Å². The van der Waals surface area contributed by atoms with Crippen molar-refractivity contribution in [1.82, 2.24) is 10.2 Å². The summed E-state index contributed by atoms with van der Waals surface area (Å²) < 4.78 is 0. The first-order chi connectivity index (χ1) is 13.1. The van der Waals surface area contributed by atoms with E-state index in [1.807, 2.05) is 0 Å². The number of hydrogen-bond donors (Lipinski definition) is 1. The number of nitrogens with one attached hydrogen (secondary N) is 1. The molecule has 2 nitrogen and oxygen atoms in total. The zero-order valence-corrected chi connectivity index (χ0v) is 16.4. The molecule has 1 aliphatic rings. The summed E-state index contributed by atoms with van der Waals surface area (Å²) in [7, 11) is 0. The quantitative estimate of drug-likeness (QED) is 0.716. The van der Waals surface area contributed by atoms with E-state index >= 15 is 0 Å². The first-order valence-electron chi connectivity index (χ1n) is 9.55. The van der Waals surface area contributed by atoms with Gasteiger partial charge in [-0.15, -0.1) is 0 Å². The van der Waals surface area contributed by atoms with Gasteiger partial charge in [0.25, 0.3) is 0 Å². The van der Waals surface area contributed by atoms with E-state index in [4.69, 9.17) is 0 Å². The summed E-state index contributed by atoms with van der Waals surface area (Å²) >= 11 is 0. The Hall–Kier alpha value is -3.00. The molecule has 0 aliphatic carbocycles. The van der Waals surface area contributed by atoms with Crippen molar-refractivity contribution in [2.75, 3.05) is 13.1 Å². The Morgan fingerprint density at radius 3 is 2.22 bits per heavy atom. The highest BCUT2D eigenvalue weighted by molar-refractivity contribution is 5.64. The topological polar surface area (TPSA) is 15.3 Å². The van der Waals surface area contributed by atoms with Crippen molar-refractivity contribution in [2.24, 2.45) is 0 Å². The van der Waals surface area contributed by atoms with Crippen LogP contribution in [0.3, 0.4) is 0 Å². The molecule has 0 atom stereocenters. The normalized spacial score (nSPS) is 14.6. The Balaban J connectivity index is 1.67. The smallest absolute Gasteiger partial charge is 0.0578 e. The first kappa shape index (κ1) is 18.8. The second-order valence-electron chi connectivity index (χ2n) is 6.90. The van der Waals surface area contributed by atoms with E-state index in [0.29, 0.717) is 0 Å². The molecular weight excluding hydrogens is 328 g/mol. The highest BCUT2D eigenvalue weighted by Gasteiger charge is 2.05. The molecule has 1 N–H and O–H groups in total. The number of nitrogens with zero attached hydrogens (tertiary/aromatic N) is 1. The Morgan fingerprint density at radius 2 is 1.63 bits per heavy atom. The zero-order valence-electron chi connectivity index (χ0n) is 16.4. The lowest BCUT2D eigenvalue weighted by Crippen LogP contribution is -2.18. The van der Waals surface area contributed by atoms with Crippen LogP contribution in [0.25, 0.3) is 11.8 Å². The number of allylic oxidation sites excluding steroid dienone is 3. The number of benzene rings is 2. The molecule has 3 rings (SSSR count). The van der Waals surface area contributed by atoms with Crippen LogP contribution in [-0.2, 0) is 0 Å². The highest BCUT2D eigenvalue weighted by atomic mass is 15.1. The SMILES string of the molecule is CCN/C(=C\N1C=CC(/C=C/c2ccc(C)cc2)=CC1)c1ccc(C)cc1. The van der Waals surface area contributed by atoms with Crippen molar-refractivity contribution in [3.05, 3.63) is 107 Å². The second-order valence-corrected chi connectivity index (χ2v) is 6.90. The molecule has 2 heteroatoms. The van der Waals surface area contributed by atoms with Gasteiger partial charge in [0, 0.05) is 25.5 Å². The number of rotatable bonds is 6. The van der Waals surface area contributed by atoms with Crippen molar-refractivity contribution in [1.29, 1.82) is 0 Å². The van der Waals surface area contributed by atoms with E-state index in [1.54, 1.807) is 0 Å². The lowest BCUT2D eigenvalue weighted by atomic mass is 10.1. The maximum absolute atomic E-state index is 3.48. The van der Waals surface area contributed by atoms with Crippen LogP contribution in [0.4, 0.5) is 0 Å². The number of hydrogen-bond acceptors (Lipinski definition) is 2. The summed E-state index contributed by atoms with van der Waals surface area (Å²) in [4.78, 5) is 2.21. The zero-order chi connectivity index (χ0) is 19.1. The van der Waals surface area contributed by atoms with E-state index in [-0.39, 0.29) is 0 Å². The Kier molecular flexibility index (Phi) is 6.32. The third kappa shape index (κ3) is 5.49. The maximum atomic E-state index is 3.48. The van der Waals surface area contributed by atoms with Crippen LogP contribution in [0.5, 0.6) is 0 Å². The molecule has 0 fully saturated rings. The van der Waals surface area contributed by atoms with Gasteiger partial charge in [-0.3, -0.25) is 0 Å². The molecule has 1 aliphatic heterocycles. The molecular formula is C25H28N2.